The number of piperidine rings is 1. The molecule has 2 saturated heterocycles. The Bertz CT molecular complexity index is 611. The second kappa shape index (κ2) is 6.09. The van der Waals surface area contributed by atoms with E-state index in [9.17, 15) is 0 Å². The van der Waals surface area contributed by atoms with E-state index >= 15 is 0 Å². The van der Waals surface area contributed by atoms with E-state index in [2.05, 4.69) is 34.1 Å². The Labute approximate surface area is 131 Å². The minimum Gasteiger partial charge on any atom is -0.457 e. The van der Waals surface area contributed by atoms with Crippen LogP contribution in [0.2, 0.25) is 0 Å². The molecule has 3 heteroatoms. The molecule has 0 bridgehead atoms. The SMILES string of the molecule is c1cc(Oc2ccc([C@H]3CC[C@H]4CCCCN43)cc2)ccn1. The van der Waals surface area contributed by atoms with Gasteiger partial charge in [-0.1, -0.05) is 18.6 Å². The van der Waals surface area contributed by atoms with Crippen LogP contribution >= 0.6 is 0 Å². The lowest BCUT2D eigenvalue weighted by Gasteiger charge is -2.34. The molecule has 2 aliphatic rings. The predicted octanol–water partition coefficient (Wildman–Crippen LogP) is 4.56. The zero-order valence-corrected chi connectivity index (χ0v) is 12.8. The maximum Gasteiger partial charge on any atom is 0.130 e. The second-order valence-corrected chi connectivity index (χ2v) is 6.33. The van der Waals surface area contributed by atoms with Crippen LogP contribution in [0.4, 0.5) is 0 Å². The minimum absolute atomic E-state index is 0.611. The molecule has 3 heterocycles. The number of aromatic nitrogens is 1. The van der Waals surface area contributed by atoms with Crippen molar-refractivity contribution in [1.29, 1.82) is 0 Å². The molecule has 4 rings (SSSR count). The number of benzene rings is 1. The van der Waals surface area contributed by atoms with Crippen LogP contribution in [-0.4, -0.2) is 22.5 Å². The van der Waals surface area contributed by atoms with Gasteiger partial charge in [0, 0.05) is 24.5 Å². The van der Waals surface area contributed by atoms with E-state index in [1.807, 2.05) is 12.1 Å². The Morgan fingerprint density at radius 1 is 0.864 bits per heavy atom. The molecule has 1 aromatic heterocycles. The topological polar surface area (TPSA) is 25.4 Å². The Kier molecular flexibility index (Phi) is 3.81. The van der Waals surface area contributed by atoms with Crippen LogP contribution in [0.5, 0.6) is 11.5 Å². The predicted molar refractivity (Wildman–Crippen MR) is 87.1 cm³/mol. The average molecular weight is 294 g/mol. The molecule has 0 amide bonds. The van der Waals surface area contributed by atoms with Crippen LogP contribution < -0.4 is 4.74 Å². The highest BCUT2D eigenvalue weighted by Crippen LogP contribution is 2.40. The van der Waals surface area contributed by atoms with E-state index < -0.39 is 0 Å². The lowest BCUT2D eigenvalue weighted by atomic mass is 10.0. The Morgan fingerprint density at radius 3 is 2.45 bits per heavy atom. The lowest BCUT2D eigenvalue weighted by molar-refractivity contribution is 0.150. The van der Waals surface area contributed by atoms with E-state index in [1.165, 1.54) is 44.2 Å². The molecule has 22 heavy (non-hydrogen) atoms. The van der Waals surface area contributed by atoms with Gasteiger partial charge in [-0.3, -0.25) is 9.88 Å². The van der Waals surface area contributed by atoms with Gasteiger partial charge in [-0.15, -0.1) is 0 Å². The number of nitrogens with zero attached hydrogens (tertiary/aromatic N) is 2. The van der Waals surface area contributed by atoms with E-state index in [1.54, 1.807) is 12.4 Å². The molecule has 2 aliphatic heterocycles. The van der Waals surface area contributed by atoms with Gasteiger partial charge < -0.3 is 4.74 Å². The maximum atomic E-state index is 5.85. The summed E-state index contributed by atoms with van der Waals surface area (Å²) in [7, 11) is 0. The third-order valence-corrected chi connectivity index (χ3v) is 5.00. The number of fused-ring (bicyclic) bond motifs is 1. The van der Waals surface area contributed by atoms with Gasteiger partial charge in [-0.25, -0.2) is 0 Å². The summed E-state index contributed by atoms with van der Waals surface area (Å²) in [4.78, 5) is 6.73. The van der Waals surface area contributed by atoms with Crippen LogP contribution in [0.3, 0.4) is 0 Å². The van der Waals surface area contributed by atoms with Crippen molar-refractivity contribution in [2.75, 3.05) is 6.54 Å². The van der Waals surface area contributed by atoms with Gasteiger partial charge in [-0.05, 0) is 62.1 Å². The van der Waals surface area contributed by atoms with Gasteiger partial charge in [0.2, 0.25) is 0 Å². The molecule has 0 N–H and O–H groups in total. The second-order valence-electron chi connectivity index (χ2n) is 6.33. The molecule has 0 spiro atoms. The van der Waals surface area contributed by atoms with Crippen molar-refractivity contribution in [2.24, 2.45) is 0 Å². The first kappa shape index (κ1) is 13.8. The smallest absolute Gasteiger partial charge is 0.130 e. The highest BCUT2D eigenvalue weighted by atomic mass is 16.5. The van der Waals surface area contributed by atoms with Gasteiger partial charge in [-0.2, -0.15) is 0 Å². The standard InChI is InChI=1S/C19H22N2O/c1-2-14-21-16(3-1)6-9-19(21)15-4-7-17(8-5-15)22-18-10-12-20-13-11-18/h4-5,7-8,10-13,16,19H,1-3,6,9,14H2/t16-,19-/m1/s1. The summed E-state index contributed by atoms with van der Waals surface area (Å²) >= 11 is 0. The zero-order chi connectivity index (χ0) is 14.8. The highest BCUT2D eigenvalue weighted by molar-refractivity contribution is 5.33. The molecular weight excluding hydrogens is 272 g/mol. The summed E-state index contributed by atoms with van der Waals surface area (Å²) in [5.74, 6) is 1.72. The van der Waals surface area contributed by atoms with Crippen LogP contribution in [0, 0.1) is 0 Å². The largest absolute Gasteiger partial charge is 0.457 e. The van der Waals surface area contributed by atoms with E-state index in [4.69, 9.17) is 4.74 Å². The lowest BCUT2D eigenvalue weighted by Crippen LogP contribution is -2.35. The Morgan fingerprint density at radius 2 is 1.64 bits per heavy atom. The molecule has 0 unspecified atom stereocenters. The fourth-order valence-electron chi connectivity index (χ4n) is 3.92. The average Bonchev–Trinajstić information content (AvgIpc) is 3.01. The van der Waals surface area contributed by atoms with Crippen molar-refractivity contribution in [3.05, 3.63) is 54.4 Å². The summed E-state index contributed by atoms with van der Waals surface area (Å²) in [6.07, 6.45) is 10.3. The fraction of sp³-hybridized carbons (Fsp3) is 0.421. The first-order chi connectivity index (χ1) is 10.9. The molecule has 1 aromatic carbocycles. The van der Waals surface area contributed by atoms with Gasteiger partial charge in [0.1, 0.15) is 11.5 Å². The van der Waals surface area contributed by atoms with E-state index in [0.717, 1.165) is 17.5 Å². The van der Waals surface area contributed by atoms with Crippen LogP contribution in [0.25, 0.3) is 0 Å². The summed E-state index contributed by atoms with van der Waals surface area (Å²) in [6.45, 7) is 1.27. The van der Waals surface area contributed by atoms with Crippen molar-refractivity contribution >= 4 is 0 Å². The maximum absolute atomic E-state index is 5.85. The molecule has 2 aromatic rings. The van der Waals surface area contributed by atoms with Crippen LogP contribution in [-0.2, 0) is 0 Å². The van der Waals surface area contributed by atoms with Crippen LogP contribution in [0.1, 0.15) is 43.7 Å². The first-order valence-electron chi connectivity index (χ1n) is 8.34. The Balaban J connectivity index is 1.48. The van der Waals surface area contributed by atoms with Crippen LogP contribution in [0.15, 0.2) is 48.8 Å². The minimum atomic E-state index is 0.611. The third kappa shape index (κ3) is 2.73. The van der Waals surface area contributed by atoms with E-state index in [-0.39, 0.29) is 0 Å². The molecule has 2 atom stereocenters. The molecule has 114 valence electrons. The molecule has 0 radical (unpaired) electrons. The zero-order valence-electron chi connectivity index (χ0n) is 12.8. The number of hydrogen-bond donors (Lipinski definition) is 0. The third-order valence-electron chi connectivity index (χ3n) is 5.00. The van der Waals surface area contributed by atoms with E-state index in [0.29, 0.717) is 6.04 Å². The number of pyridine rings is 1. The fourth-order valence-corrected chi connectivity index (χ4v) is 3.92. The molecule has 2 fully saturated rings. The number of hydrogen-bond acceptors (Lipinski definition) is 3. The molecule has 0 saturated carbocycles. The summed E-state index contributed by atoms with van der Waals surface area (Å²) in [6, 6.07) is 13.8. The number of ether oxygens (including phenoxy) is 1. The highest BCUT2D eigenvalue weighted by Gasteiger charge is 2.35. The summed E-state index contributed by atoms with van der Waals surface area (Å²) < 4.78 is 5.85. The van der Waals surface area contributed by atoms with Gasteiger partial charge in [0.05, 0.1) is 0 Å². The van der Waals surface area contributed by atoms with Gasteiger partial charge >= 0.3 is 0 Å². The van der Waals surface area contributed by atoms with Gasteiger partial charge in [0.15, 0.2) is 0 Å². The summed E-state index contributed by atoms with van der Waals surface area (Å²) in [5.41, 5.74) is 1.44. The normalized spacial score (nSPS) is 24.9. The monoisotopic (exact) mass is 294 g/mol. The Hall–Kier alpha value is -1.87. The summed E-state index contributed by atoms with van der Waals surface area (Å²) in [5, 5.41) is 0. The van der Waals surface area contributed by atoms with Crippen molar-refractivity contribution in [3.63, 3.8) is 0 Å². The van der Waals surface area contributed by atoms with Gasteiger partial charge in [0.25, 0.3) is 0 Å². The van der Waals surface area contributed by atoms with Crippen molar-refractivity contribution < 1.29 is 4.74 Å². The molecular formula is C19H22N2O. The quantitative estimate of drug-likeness (QED) is 0.829. The van der Waals surface area contributed by atoms with Crippen molar-refractivity contribution in [2.45, 2.75) is 44.2 Å². The van der Waals surface area contributed by atoms with Crippen molar-refractivity contribution in [1.82, 2.24) is 9.88 Å². The first-order valence-corrected chi connectivity index (χ1v) is 8.34. The number of rotatable bonds is 3. The van der Waals surface area contributed by atoms with Crippen molar-refractivity contribution in [3.8, 4) is 11.5 Å². The molecule has 0 aliphatic carbocycles. The molecule has 3 nitrogen and oxygen atoms in total.